The summed E-state index contributed by atoms with van der Waals surface area (Å²) < 4.78 is 0. The molecule has 4 saturated carbocycles. The molecular weight excluding hydrogens is 308 g/mol. The SMILES string of the molecule is CC12CCC(O)CC1CCC1C2CCC2(C)C(c3cnc[nH]3)CCC12. The van der Waals surface area contributed by atoms with Gasteiger partial charge in [0.05, 0.1) is 12.4 Å². The Morgan fingerprint density at radius 2 is 1.80 bits per heavy atom. The van der Waals surface area contributed by atoms with Crippen molar-refractivity contribution in [3.63, 3.8) is 0 Å². The molecule has 5 rings (SSSR count). The summed E-state index contributed by atoms with van der Waals surface area (Å²) in [6.07, 6.45) is 15.6. The van der Waals surface area contributed by atoms with Gasteiger partial charge in [0.1, 0.15) is 0 Å². The summed E-state index contributed by atoms with van der Waals surface area (Å²) in [7, 11) is 0. The highest BCUT2D eigenvalue weighted by Crippen LogP contribution is 2.68. The highest BCUT2D eigenvalue weighted by Gasteiger charge is 2.60. The summed E-state index contributed by atoms with van der Waals surface area (Å²) in [5, 5.41) is 10.2. The Hall–Kier alpha value is -0.830. The third-order valence-electron chi connectivity index (χ3n) is 9.53. The fourth-order valence-electron chi connectivity index (χ4n) is 8.20. The maximum Gasteiger partial charge on any atom is 0.0921 e. The molecule has 0 saturated heterocycles. The average molecular weight is 343 g/mol. The molecule has 0 radical (unpaired) electrons. The van der Waals surface area contributed by atoms with Crippen molar-refractivity contribution in [2.24, 2.45) is 34.5 Å². The van der Waals surface area contributed by atoms with Gasteiger partial charge >= 0.3 is 0 Å². The van der Waals surface area contributed by atoms with Gasteiger partial charge in [-0.2, -0.15) is 0 Å². The predicted octanol–water partition coefficient (Wildman–Crippen LogP) is 4.90. The average Bonchev–Trinajstić information content (AvgIpc) is 3.22. The minimum absolute atomic E-state index is 0.0280. The number of nitrogens with one attached hydrogen (secondary N) is 1. The lowest BCUT2D eigenvalue weighted by molar-refractivity contribution is -0.123. The van der Waals surface area contributed by atoms with Gasteiger partial charge in [0, 0.05) is 17.8 Å². The van der Waals surface area contributed by atoms with E-state index in [0.717, 1.165) is 36.5 Å². The second-order valence-corrected chi connectivity index (χ2v) is 10.3. The number of aromatic nitrogens is 2. The Morgan fingerprint density at radius 3 is 2.60 bits per heavy atom. The molecule has 8 unspecified atom stereocenters. The van der Waals surface area contributed by atoms with Gasteiger partial charge in [-0.15, -0.1) is 0 Å². The van der Waals surface area contributed by atoms with E-state index in [1.165, 1.54) is 50.6 Å². The molecule has 4 aliphatic rings. The number of aliphatic hydroxyl groups excluding tert-OH is 1. The molecule has 1 aromatic rings. The van der Waals surface area contributed by atoms with Crippen molar-refractivity contribution in [3.8, 4) is 0 Å². The smallest absolute Gasteiger partial charge is 0.0921 e. The molecule has 0 spiro atoms. The lowest BCUT2D eigenvalue weighted by atomic mass is 9.44. The third kappa shape index (κ3) is 2.23. The van der Waals surface area contributed by atoms with Crippen molar-refractivity contribution < 1.29 is 5.11 Å². The number of H-pyrrole nitrogens is 1. The van der Waals surface area contributed by atoms with E-state index >= 15 is 0 Å². The Labute approximate surface area is 152 Å². The van der Waals surface area contributed by atoms with Crippen molar-refractivity contribution in [2.45, 2.75) is 83.7 Å². The van der Waals surface area contributed by atoms with Crippen LogP contribution >= 0.6 is 0 Å². The monoisotopic (exact) mass is 342 g/mol. The molecule has 0 amide bonds. The number of aromatic amines is 1. The zero-order chi connectivity index (χ0) is 17.2. The molecule has 8 atom stereocenters. The van der Waals surface area contributed by atoms with E-state index in [1.807, 2.05) is 6.33 Å². The molecule has 1 aromatic heterocycles. The lowest BCUT2D eigenvalue weighted by Gasteiger charge is -2.61. The van der Waals surface area contributed by atoms with Crippen LogP contribution in [0.2, 0.25) is 0 Å². The minimum atomic E-state index is -0.0280. The molecule has 0 aliphatic heterocycles. The van der Waals surface area contributed by atoms with Gasteiger partial charge in [0.15, 0.2) is 0 Å². The van der Waals surface area contributed by atoms with Crippen LogP contribution in [0.15, 0.2) is 12.5 Å². The fourth-order valence-corrected chi connectivity index (χ4v) is 8.20. The van der Waals surface area contributed by atoms with Crippen LogP contribution in [0.25, 0.3) is 0 Å². The van der Waals surface area contributed by atoms with Gasteiger partial charge in [-0.05, 0) is 92.3 Å². The van der Waals surface area contributed by atoms with Crippen LogP contribution in [0.4, 0.5) is 0 Å². The Balaban J connectivity index is 1.44. The number of imidazole rings is 1. The first-order chi connectivity index (χ1) is 12.0. The van der Waals surface area contributed by atoms with Crippen molar-refractivity contribution in [1.29, 1.82) is 0 Å². The summed E-state index contributed by atoms with van der Waals surface area (Å²) in [5.74, 6) is 4.16. The molecule has 4 fully saturated rings. The third-order valence-corrected chi connectivity index (χ3v) is 9.53. The van der Waals surface area contributed by atoms with Gasteiger partial charge in [-0.1, -0.05) is 13.8 Å². The van der Waals surface area contributed by atoms with Crippen LogP contribution < -0.4 is 0 Å². The molecule has 138 valence electrons. The normalized spacial score (nSPS) is 52.3. The first-order valence-electron chi connectivity index (χ1n) is 10.7. The standard InChI is InChI=1S/C22H34N2O/c1-21-9-7-15(25)11-14(21)3-4-16-17-5-6-19(20-12-23-13-24-20)22(17,2)10-8-18(16)21/h12-19,25H,3-11H2,1-2H3,(H,23,24). The molecule has 25 heavy (non-hydrogen) atoms. The highest BCUT2D eigenvalue weighted by molar-refractivity contribution is 5.18. The zero-order valence-corrected chi connectivity index (χ0v) is 15.9. The molecule has 3 nitrogen and oxygen atoms in total. The number of fused-ring (bicyclic) bond motifs is 5. The van der Waals surface area contributed by atoms with Crippen molar-refractivity contribution in [1.82, 2.24) is 9.97 Å². The van der Waals surface area contributed by atoms with Crippen LogP contribution in [0.1, 0.15) is 83.2 Å². The summed E-state index contributed by atoms with van der Waals surface area (Å²) in [6, 6.07) is 0. The number of aliphatic hydroxyl groups is 1. The number of hydrogen-bond donors (Lipinski definition) is 2. The molecule has 2 N–H and O–H groups in total. The number of hydrogen-bond acceptors (Lipinski definition) is 2. The molecule has 0 aromatic carbocycles. The summed E-state index contributed by atoms with van der Waals surface area (Å²) in [6.45, 7) is 5.18. The van der Waals surface area contributed by atoms with Gasteiger partial charge in [0.2, 0.25) is 0 Å². The van der Waals surface area contributed by atoms with Crippen molar-refractivity contribution in [2.75, 3.05) is 0 Å². The Kier molecular flexibility index (Phi) is 3.65. The van der Waals surface area contributed by atoms with Crippen LogP contribution in [-0.2, 0) is 0 Å². The second-order valence-electron chi connectivity index (χ2n) is 10.3. The van der Waals surface area contributed by atoms with Gasteiger partial charge in [-0.25, -0.2) is 4.98 Å². The zero-order valence-electron chi connectivity index (χ0n) is 15.9. The molecule has 4 aliphatic carbocycles. The Morgan fingerprint density at radius 1 is 1.00 bits per heavy atom. The van der Waals surface area contributed by atoms with Crippen LogP contribution in [-0.4, -0.2) is 21.2 Å². The van der Waals surface area contributed by atoms with Gasteiger partial charge < -0.3 is 10.1 Å². The quantitative estimate of drug-likeness (QED) is 0.763. The van der Waals surface area contributed by atoms with Crippen molar-refractivity contribution >= 4 is 0 Å². The van der Waals surface area contributed by atoms with E-state index in [-0.39, 0.29) is 6.10 Å². The maximum absolute atomic E-state index is 10.2. The van der Waals surface area contributed by atoms with E-state index in [9.17, 15) is 5.11 Å². The second kappa shape index (κ2) is 5.58. The van der Waals surface area contributed by atoms with Crippen LogP contribution in [0.5, 0.6) is 0 Å². The van der Waals surface area contributed by atoms with E-state index in [1.54, 1.807) is 0 Å². The summed E-state index contributed by atoms with van der Waals surface area (Å²) in [5.41, 5.74) is 2.34. The predicted molar refractivity (Wildman–Crippen MR) is 99.1 cm³/mol. The van der Waals surface area contributed by atoms with Gasteiger partial charge in [-0.3, -0.25) is 0 Å². The largest absolute Gasteiger partial charge is 0.393 e. The van der Waals surface area contributed by atoms with E-state index < -0.39 is 0 Å². The van der Waals surface area contributed by atoms with E-state index in [2.05, 4.69) is 30.0 Å². The first kappa shape index (κ1) is 16.4. The van der Waals surface area contributed by atoms with Crippen LogP contribution in [0, 0.1) is 34.5 Å². The molecular formula is C22H34N2O. The molecule has 3 heteroatoms. The van der Waals surface area contributed by atoms with Crippen molar-refractivity contribution in [3.05, 3.63) is 18.2 Å². The van der Waals surface area contributed by atoms with Crippen LogP contribution in [0.3, 0.4) is 0 Å². The summed E-state index contributed by atoms with van der Waals surface area (Å²) in [4.78, 5) is 7.74. The highest BCUT2D eigenvalue weighted by atomic mass is 16.3. The number of nitrogens with zero attached hydrogens (tertiary/aromatic N) is 1. The lowest BCUT2D eigenvalue weighted by Crippen LogP contribution is -2.53. The summed E-state index contributed by atoms with van der Waals surface area (Å²) >= 11 is 0. The molecule has 1 heterocycles. The minimum Gasteiger partial charge on any atom is -0.393 e. The number of rotatable bonds is 1. The fraction of sp³-hybridized carbons (Fsp3) is 0.864. The molecule has 0 bridgehead atoms. The Bertz CT molecular complexity index is 628. The van der Waals surface area contributed by atoms with E-state index in [4.69, 9.17) is 0 Å². The first-order valence-corrected chi connectivity index (χ1v) is 10.7. The maximum atomic E-state index is 10.2. The van der Waals surface area contributed by atoms with Gasteiger partial charge in [0.25, 0.3) is 0 Å². The topological polar surface area (TPSA) is 48.9 Å². The van der Waals surface area contributed by atoms with E-state index in [0.29, 0.717) is 16.7 Å².